The van der Waals surface area contributed by atoms with Crippen molar-refractivity contribution in [1.29, 1.82) is 0 Å². The molecule has 0 aliphatic carbocycles. The number of unbranched alkanes of at least 4 members (excludes halogenated alkanes) is 1. The Balaban J connectivity index is 2.94. The Hall–Kier alpha value is -1.03. The molecule has 0 heterocycles. The van der Waals surface area contributed by atoms with Crippen LogP contribution in [0.4, 0.5) is 13.2 Å². The van der Waals surface area contributed by atoms with Gasteiger partial charge in [-0.15, -0.1) is 0 Å². The predicted octanol–water partition coefficient (Wildman–Crippen LogP) is 3.93. The standard InChI is InChI=1S/C12H15F3O/c1-2-3-8-11(16)9-6-4-5-7-10(9)12(13,14)15/h4-7,11,16H,2-3,8H2,1H3. The number of hydrogen-bond donors (Lipinski definition) is 1. The maximum atomic E-state index is 12.6. The molecule has 16 heavy (non-hydrogen) atoms. The van der Waals surface area contributed by atoms with E-state index in [9.17, 15) is 18.3 Å². The fourth-order valence-corrected chi connectivity index (χ4v) is 1.60. The normalized spacial score (nSPS) is 13.8. The average molecular weight is 232 g/mol. The summed E-state index contributed by atoms with van der Waals surface area (Å²) in [5, 5.41) is 9.70. The molecule has 4 heteroatoms. The topological polar surface area (TPSA) is 20.2 Å². The van der Waals surface area contributed by atoms with Crippen molar-refractivity contribution in [2.45, 2.75) is 38.5 Å². The smallest absolute Gasteiger partial charge is 0.388 e. The van der Waals surface area contributed by atoms with Gasteiger partial charge in [0.15, 0.2) is 0 Å². The summed E-state index contributed by atoms with van der Waals surface area (Å²) in [6, 6.07) is 5.19. The number of benzene rings is 1. The second-order valence-corrected chi connectivity index (χ2v) is 3.74. The SMILES string of the molecule is CCCCC(O)c1ccccc1C(F)(F)F. The third-order valence-corrected chi connectivity index (χ3v) is 2.46. The monoisotopic (exact) mass is 232 g/mol. The fraction of sp³-hybridized carbons (Fsp3) is 0.500. The molecule has 0 radical (unpaired) electrons. The molecule has 1 aromatic rings. The Morgan fingerprint density at radius 3 is 2.44 bits per heavy atom. The van der Waals surface area contributed by atoms with Crippen LogP contribution in [0.25, 0.3) is 0 Å². The van der Waals surface area contributed by atoms with Crippen LogP contribution < -0.4 is 0 Å². The maximum absolute atomic E-state index is 12.6. The first-order chi connectivity index (χ1) is 7.46. The number of rotatable bonds is 4. The van der Waals surface area contributed by atoms with Gasteiger partial charge < -0.3 is 5.11 Å². The molecule has 1 aromatic carbocycles. The Morgan fingerprint density at radius 1 is 1.25 bits per heavy atom. The Kier molecular flexibility index (Phi) is 4.35. The minimum Gasteiger partial charge on any atom is -0.388 e. The van der Waals surface area contributed by atoms with Gasteiger partial charge in [0.05, 0.1) is 11.7 Å². The van der Waals surface area contributed by atoms with Gasteiger partial charge in [-0.3, -0.25) is 0 Å². The molecule has 1 atom stereocenters. The van der Waals surface area contributed by atoms with Gasteiger partial charge in [-0.05, 0) is 18.1 Å². The van der Waals surface area contributed by atoms with E-state index in [2.05, 4.69) is 0 Å². The van der Waals surface area contributed by atoms with Crippen LogP contribution in [-0.4, -0.2) is 5.11 Å². The van der Waals surface area contributed by atoms with Crippen molar-refractivity contribution in [2.24, 2.45) is 0 Å². The van der Waals surface area contributed by atoms with E-state index < -0.39 is 17.8 Å². The zero-order valence-electron chi connectivity index (χ0n) is 9.09. The van der Waals surface area contributed by atoms with E-state index in [-0.39, 0.29) is 5.56 Å². The predicted molar refractivity (Wildman–Crippen MR) is 55.9 cm³/mol. The molecule has 0 bridgehead atoms. The fourth-order valence-electron chi connectivity index (χ4n) is 1.60. The van der Waals surface area contributed by atoms with Gasteiger partial charge in [-0.1, -0.05) is 38.0 Å². The molecule has 0 aromatic heterocycles. The number of alkyl halides is 3. The van der Waals surface area contributed by atoms with Crippen molar-refractivity contribution in [3.05, 3.63) is 35.4 Å². The van der Waals surface area contributed by atoms with E-state index in [0.717, 1.165) is 12.5 Å². The van der Waals surface area contributed by atoms with E-state index in [1.165, 1.54) is 18.2 Å². The quantitative estimate of drug-likeness (QED) is 0.833. The second kappa shape index (κ2) is 5.34. The molecule has 0 saturated heterocycles. The molecular weight excluding hydrogens is 217 g/mol. The van der Waals surface area contributed by atoms with Crippen LogP contribution in [0.2, 0.25) is 0 Å². The molecule has 0 aliphatic rings. The molecule has 0 amide bonds. The zero-order valence-corrected chi connectivity index (χ0v) is 9.09. The van der Waals surface area contributed by atoms with Crippen LogP contribution in [0.3, 0.4) is 0 Å². The summed E-state index contributed by atoms with van der Waals surface area (Å²) in [4.78, 5) is 0. The third kappa shape index (κ3) is 3.23. The van der Waals surface area contributed by atoms with Crippen LogP contribution in [0.5, 0.6) is 0 Å². The van der Waals surface area contributed by atoms with Gasteiger partial charge >= 0.3 is 6.18 Å². The summed E-state index contributed by atoms with van der Waals surface area (Å²) in [5.74, 6) is 0. The first-order valence-corrected chi connectivity index (χ1v) is 5.31. The molecule has 1 rings (SSSR count). The summed E-state index contributed by atoms with van der Waals surface area (Å²) >= 11 is 0. The van der Waals surface area contributed by atoms with E-state index in [1.807, 2.05) is 6.92 Å². The van der Waals surface area contributed by atoms with E-state index in [1.54, 1.807) is 0 Å². The second-order valence-electron chi connectivity index (χ2n) is 3.74. The van der Waals surface area contributed by atoms with Gasteiger partial charge in [0, 0.05) is 0 Å². The highest BCUT2D eigenvalue weighted by Gasteiger charge is 2.34. The van der Waals surface area contributed by atoms with E-state index in [0.29, 0.717) is 12.8 Å². The van der Waals surface area contributed by atoms with Crippen LogP contribution in [-0.2, 0) is 6.18 Å². The third-order valence-electron chi connectivity index (χ3n) is 2.46. The molecule has 1 nitrogen and oxygen atoms in total. The lowest BCUT2D eigenvalue weighted by atomic mass is 9.98. The van der Waals surface area contributed by atoms with Crippen LogP contribution in [0.15, 0.2) is 24.3 Å². The average Bonchev–Trinajstić information content (AvgIpc) is 2.24. The molecule has 0 saturated carbocycles. The van der Waals surface area contributed by atoms with Gasteiger partial charge in [0.2, 0.25) is 0 Å². The molecule has 0 fully saturated rings. The molecule has 0 aliphatic heterocycles. The molecule has 1 N–H and O–H groups in total. The Bertz CT molecular complexity index is 333. The largest absolute Gasteiger partial charge is 0.416 e. The number of aliphatic hydroxyl groups is 1. The summed E-state index contributed by atoms with van der Waals surface area (Å²) in [6.07, 6.45) is -3.50. The van der Waals surface area contributed by atoms with Crippen molar-refractivity contribution in [3.8, 4) is 0 Å². The van der Waals surface area contributed by atoms with Gasteiger partial charge in [0.25, 0.3) is 0 Å². The van der Waals surface area contributed by atoms with Gasteiger partial charge in [0.1, 0.15) is 0 Å². The minimum absolute atomic E-state index is 0.0246. The molecule has 0 spiro atoms. The minimum atomic E-state index is -4.40. The van der Waals surface area contributed by atoms with Crippen molar-refractivity contribution < 1.29 is 18.3 Å². The van der Waals surface area contributed by atoms with E-state index in [4.69, 9.17) is 0 Å². The molecule has 1 unspecified atom stereocenters. The highest BCUT2D eigenvalue weighted by molar-refractivity contribution is 5.31. The number of hydrogen-bond acceptors (Lipinski definition) is 1. The Morgan fingerprint density at radius 2 is 1.88 bits per heavy atom. The van der Waals surface area contributed by atoms with Crippen molar-refractivity contribution in [1.82, 2.24) is 0 Å². The lowest BCUT2D eigenvalue weighted by Crippen LogP contribution is -2.11. The highest BCUT2D eigenvalue weighted by Crippen LogP contribution is 2.35. The summed E-state index contributed by atoms with van der Waals surface area (Å²) < 4.78 is 37.9. The number of halogens is 3. The van der Waals surface area contributed by atoms with Crippen LogP contribution >= 0.6 is 0 Å². The zero-order chi connectivity index (χ0) is 12.2. The van der Waals surface area contributed by atoms with Gasteiger partial charge in [-0.25, -0.2) is 0 Å². The summed E-state index contributed by atoms with van der Waals surface area (Å²) in [5.41, 5.74) is -0.762. The molecule has 90 valence electrons. The van der Waals surface area contributed by atoms with Crippen molar-refractivity contribution in [2.75, 3.05) is 0 Å². The lowest BCUT2D eigenvalue weighted by molar-refractivity contribution is -0.139. The summed E-state index contributed by atoms with van der Waals surface area (Å²) in [7, 11) is 0. The van der Waals surface area contributed by atoms with Crippen molar-refractivity contribution >= 4 is 0 Å². The van der Waals surface area contributed by atoms with Crippen LogP contribution in [0, 0.1) is 0 Å². The van der Waals surface area contributed by atoms with Crippen molar-refractivity contribution in [3.63, 3.8) is 0 Å². The maximum Gasteiger partial charge on any atom is 0.416 e. The summed E-state index contributed by atoms with van der Waals surface area (Å²) in [6.45, 7) is 1.93. The van der Waals surface area contributed by atoms with Gasteiger partial charge in [-0.2, -0.15) is 13.2 Å². The van der Waals surface area contributed by atoms with Crippen LogP contribution in [0.1, 0.15) is 43.4 Å². The molecular formula is C12H15F3O. The Labute approximate surface area is 92.9 Å². The first-order valence-electron chi connectivity index (χ1n) is 5.31. The highest BCUT2D eigenvalue weighted by atomic mass is 19.4. The number of aliphatic hydroxyl groups excluding tert-OH is 1. The lowest BCUT2D eigenvalue weighted by Gasteiger charge is -2.17. The van der Waals surface area contributed by atoms with E-state index >= 15 is 0 Å². The first kappa shape index (κ1) is 13.0.